The first-order chi connectivity index (χ1) is 7.12. The Bertz CT molecular complexity index is 316. The van der Waals surface area contributed by atoms with Gasteiger partial charge in [-0.1, -0.05) is 6.92 Å². The standard InChI is InChI=1S/C9H11F3O4/c1-3-5(9(10,11)12)4(2)6(7(13)14)8(15)16/h6H,3H2,1-2H3,(H,13,14)(H,15,16)/b5-4+. The van der Waals surface area contributed by atoms with E-state index in [1.165, 1.54) is 6.92 Å². The molecule has 0 amide bonds. The molecule has 0 aromatic heterocycles. The fourth-order valence-corrected chi connectivity index (χ4v) is 1.35. The monoisotopic (exact) mass is 240 g/mol. The maximum Gasteiger partial charge on any atom is 0.412 e. The van der Waals surface area contributed by atoms with E-state index in [-0.39, 0.29) is 0 Å². The summed E-state index contributed by atoms with van der Waals surface area (Å²) in [4.78, 5) is 21.1. The van der Waals surface area contributed by atoms with Crippen molar-refractivity contribution in [2.45, 2.75) is 26.4 Å². The number of halogens is 3. The summed E-state index contributed by atoms with van der Waals surface area (Å²) < 4.78 is 37.2. The van der Waals surface area contributed by atoms with E-state index < -0.39 is 41.6 Å². The Labute approximate surface area is 89.4 Å². The van der Waals surface area contributed by atoms with E-state index >= 15 is 0 Å². The SMILES string of the molecule is CC/C(=C(/C)C(C(=O)O)C(=O)O)C(F)(F)F. The molecule has 0 saturated carbocycles. The molecule has 0 aliphatic rings. The lowest BCUT2D eigenvalue weighted by Crippen LogP contribution is -2.27. The van der Waals surface area contributed by atoms with Crippen molar-refractivity contribution in [2.75, 3.05) is 0 Å². The van der Waals surface area contributed by atoms with Gasteiger partial charge in [-0.3, -0.25) is 9.59 Å². The van der Waals surface area contributed by atoms with E-state index in [9.17, 15) is 22.8 Å². The minimum absolute atomic E-state index is 0.466. The van der Waals surface area contributed by atoms with E-state index in [2.05, 4.69) is 0 Å². The quantitative estimate of drug-likeness (QED) is 0.582. The van der Waals surface area contributed by atoms with Gasteiger partial charge < -0.3 is 10.2 Å². The molecular formula is C9H11F3O4. The molecule has 7 heteroatoms. The smallest absolute Gasteiger partial charge is 0.412 e. The molecule has 0 fully saturated rings. The van der Waals surface area contributed by atoms with Gasteiger partial charge in [0.25, 0.3) is 0 Å². The number of carbonyl (C=O) groups is 2. The Morgan fingerprint density at radius 1 is 1.19 bits per heavy atom. The van der Waals surface area contributed by atoms with Crippen LogP contribution < -0.4 is 0 Å². The second-order valence-corrected chi connectivity index (χ2v) is 3.12. The molecule has 0 spiro atoms. The lowest BCUT2D eigenvalue weighted by molar-refractivity contribution is -0.152. The van der Waals surface area contributed by atoms with Crippen LogP contribution in [0.4, 0.5) is 13.2 Å². The molecule has 0 unspecified atom stereocenters. The van der Waals surface area contributed by atoms with E-state index in [1.807, 2.05) is 0 Å². The molecule has 0 saturated heterocycles. The van der Waals surface area contributed by atoms with E-state index in [0.717, 1.165) is 6.92 Å². The van der Waals surface area contributed by atoms with Gasteiger partial charge in [-0.25, -0.2) is 0 Å². The first-order valence-corrected chi connectivity index (χ1v) is 4.35. The minimum atomic E-state index is -4.71. The first-order valence-electron chi connectivity index (χ1n) is 4.35. The highest BCUT2D eigenvalue weighted by atomic mass is 19.4. The van der Waals surface area contributed by atoms with Crippen LogP contribution in [-0.2, 0) is 9.59 Å². The Hall–Kier alpha value is -1.53. The molecule has 0 aliphatic carbocycles. The van der Waals surface area contributed by atoms with Crippen molar-refractivity contribution < 1.29 is 33.0 Å². The molecule has 0 aliphatic heterocycles. The number of hydrogen-bond acceptors (Lipinski definition) is 2. The van der Waals surface area contributed by atoms with Gasteiger partial charge in [0.1, 0.15) is 0 Å². The zero-order chi connectivity index (χ0) is 13.1. The van der Waals surface area contributed by atoms with Gasteiger partial charge in [0.2, 0.25) is 0 Å². The van der Waals surface area contributed by atoms with Crippen LogP contribution in [0.25, 0.3) is 0 Å². The van der Waals surface area contributed by atoms with E-state index in [4.69, 9.17) is 10.2 Å². The van der Waals surface area contributed by atoms with Crippen LogP contribution in [0.3, 0.4) is 0 Å². The zero-order valence-corrected chi connectivity index (χ0v) is 8.63. The molecule has 16 heavy (non-hydrogen) atoms. The molecule has 0 aromatic carbocycles. The second kappa shape index (κ2) is 5.00. The highest BCUT2D eigenvalue weighted by Crippen LogP contribution is 2.33. The third-order valence-corrected chi connectivity index (χ3v) is 2.10. The van der Waals surface area contributed by atoms with Gasteiger partial charge in [-0.2, -0.15) is 13.2 Å². The Kier molecular flexibility index (Phi) is 4.52. The number of carboxylic acid groups (broad SMARTS) is 2. The molecule has 4 nitrogen and oxygen atoms in total. The van der Waals surface area contributed by atoms with Crippen molar-refractivity contribution >= 4 is 11.9 Å². The summed E-state index contributed by atoms with van der Waals surface area (Å²) in [7, 11) is 0. The number of hydrogen-bond donors (Lipinski definition) is 2. The number of carboxylic acids is 2. The van der Waals surface area contributed by atoms with Gasteiger partial charge in [0, 0.05) is 5.57 Å². The van der Waals surface area contributed by atoms with Gasteiger partial charge >= 0.3 is 18.1 Å². The van der Waals surface area contributed by atoms with Crippen LogP contribution in [0.1, 0.15) is 20.3 Å². The summed E-state index contributed by atoms with van der Waals surface area (Å²) in [5, 5.41) is 17.1. The van der Waals surface area contributed by atoms with Crippen LogP contribution in [0, 0.1) is 5.92 Å². The van der Waals surface area contributed by atoms with Crippen LogP contribution >= 0.6 is 0 Å². The number of allylic oxidation sites excluding steroid dienone is 1. The highest BCUT2D eigenvalue weighted by Gasteiger charge is 2.39. The largest absolute Gasteiger partial charge is 0.480 e. The summed E-state index contributed by atoms with van der Waals surface area (Å²) in [5.41, 5.74) is -1.79. The van der Waals surface area contributed by atoms with Crippen molar-refractivity contribution in [3.8, 4) is 0 Å². The zero-order valence-electron chi connectivity index (χ0n) is 8.63. The fraction of sp³-hybridized carbons (Fsp3) is 0.556. The number of aliphatic carboxylic acids is 2. The molecule has 0 rings (SSSR count). The predicted octanol–water partition coefficient (Wildman–Crippen LogP) is 2.06. The van der Waals surface area contributed by atoms with Gasteiger partial charge in [0.15, 0.2) is 5.92 Å². The second-order valence-electron chi connectivity index (χ2n) is 3.12. The summed E-state index contributed by atoms with van der Waals surface area (Å²) in [6.45, 7) is 2.06. The lowest BCUT2D eigenvalue weighted by atomic mass is 9.94. The van der Waals surface area contributed by atoms with Crippen LogP contribution in [0.2, 0.25) is 0 Å². The summed E-state index contributed by atoms with van der Waals surface area (Å²) in [5.74, 6) is -5.77. The maximum absolute atomic E-state index is 12.4. The summed E-state index contributed by atoms with van der Waals surface area (Å²) in [6, 6.07) is 0. The topological polar surface area (TPSA) is 74.6 Å². The van der Waals surface area contributed by atoms with E-state index in [0.29, 0.717) is 0 Å². The normalized spacial score (nSPS) is 13.6. The Morgan fingerprint density at radius 3 is 1.75 bits per heavy atom. The Balaban J connectivity index is 5.55. The van der Waals surface area contributed by atoms with Crippen molar-refractivity contribution in [1.82, 2.24) is 0 Å². The molecule has 92 valence electrons. The minimum Gasteiger partial charge on any atom is -0.480 e. The molecule has 0 atom stereocenters. The van der Waals surface area contributed by atoms with Crippen LogP contribution in [0.15, 0.2) is 11.1 Å². The summed E-state index contributed by atoms with van der Waals surface area (Å²) in [6.07, 6.45) is -5.17. The highest BCUT2D eigenvalue weighted by molar-refractivity contribution is 5.96. The molecule has 2 N–H and O–H groups in total. The number of rotatable bonds is 4. The van der Waals surface area contributed by atoms with Gasteiger partial charge in [-0.15, -0.1) is 0 Å². The van der Waals surface area contributed by atoms with Crippen LogP contribution in [-0.4, -0.2) is 28.3 Å². The van der Waals surface area contributed by atoms with Crippen molar-refractivity contribution in [3.63, 3.8) is 0 Å². The maximum atomic E-state index is 12.4. The number of alkyl halides is 3. The molecule has 0 bridgehead atoms. The van der Waals surface area contributed by atoms with Crippen molar-refractivity contribution in [2.24, 2.45) is 5.92 Å². The lowest BCUT2D eigenvalue weighted by Gasteiger charge is -2.16. The van der Waals surface area contributed by atoms with Crippen molar-refractivity contribution in [1.29, 1.82) is 0 Å². The van der Waals surface area contributed by atoms with Gasteiger partial charge in [0.05, 0.1) is 0 Å². The van der Waals surface area contributed by atoms with Crippen molar-refractivity contribution in [3.05, 3.63) is 11.1 Å². The third-order valence-electron chi connectivity index (χ3n) is 2.10. The first kappa shape index (κ1) is 14.5. The Morgan fingerprint density at radius 2 is 1.56 bits per heavy atom. The molecule has 0 radical (unpaired) electrons. The molecule has 0 heterocycles. The fourth-order valence-electron chi connectivity index (χ4n) is 1.35. The average Bonchev–Trinajstić information content (AvgIpc) is 1.99. The van der Waals surface area contributed by atoms with Gasteiger partial charge in [-0.05, 0) is 18.9 Å². The van der Waals surface area contributed by atoms with Crippen LogP contribution in [0.5, 0.6) is 0 Å². The molecule has 0 aromatic rings. The average molecular weight is 240 g/mol. The predicted molar refractivity (Wildman–Crippen MR) is 47.8 cm³/mol. The third kappa shape index (κ3) is 3.25. The van der Waals surface area contributed by atoms with E-state index in [1.54, 1.807) is 0 Å². The molecular weight excluding hydrogens is 229 g/mol. The summed E-state index contributed by atoms with van der Waals surface area (Å²) >= 11 is 0.